The molecule has 4 nitrogen and oxygen atoms in total. The Morgan fingerprint density at radius 2 is 1.14 bits per heavy atom. The van der Waals surface area contributed by atoms with Crippen LogP contribution in [0.5, 0.6) is 11.5 Å². The maximum atomic E-state index is 13.1. The summed E-state index contributed by atoms with van der Waals surface area (Å²) in [5, 5.41) is 27.2. The van der Waals surface area contributed by atoms with Crippen LogP contribution < -0.4 is 0 Å². The van der Waals surface area contributed by atoms with Crippen molar-refractivity contribution in [3.8, 4) is 44.9 Å². The minimum absolute atomic E-state index is 0.0121. The van der Waals surface area contributed by atoms with Gasteiger partial charge in [0, 0.05) is 40.7 Å². The summed E-state index contributed by atoms with van der Waals surface area (Å²) in [6, 6.07) is 36.6. The minimum Gasteiger partial charge on any atom is -0.507 e. The third-order valence-electron chi connectivity index (χ3n) is 7.85. The van der Waals surface area contributed by atoms with Crippen LogP contribution in [0.4, 0.5) is 0 Å². The summed E-state index contributed by atoms with van der Waals surface area (Å²) >= 11 is 0. The van der Waals surface area contributed by atoms with E-state index in [-0.39, 0.29) is 17.3 Å². The highest BCUT2D eigenvalue weighted by atomic mass is 16.3. The van der Waals surface area contributed by atoms with Crippen molar-refractivity contribution in [2.45, 2.75) is 25.7 Å². The number of hydrogen-bond acceptors (Lipinski definition) is 4. The van der Waals surface area contributed by atoms with Gasteiger partial charge in [-0.15, -0.1) is 0 Å². The molecule has 0 radical (unpaired) electrons. The second kappa shape index (κ2) is 11.7. The number of aldehydes is 1. The Labute approximate surface area is 244 Å². The number of carbonyl (C=O) groups is 2. The Balaban J connectivity index is 1.64. The van der Waals surface area contributed by atoms with Gasteiger partial charge in [-0.1, -0.05) is 97.1 Å². The third kappa shape index (κ3) is 5.04. The smallest absolute Gasteiger partial charge is 0.162 e. The zero-order valence-corrected chi connectivity index (χ0v) is 23.1. The van der Waals surface area contributed by atoms with Crippen LogP contribution >= 0.6 is 0 Å². The zero-order chi connectivity index (χ0) is 29.1. The molecule has 0 unspecified atom stereocenters. The van der Waals surface area contributed by atoms with Crippen molar-refractivity contribution in [3.63, 3.8) is 0 Å². The first-order valence-corrected chi connectivity index (χ1v) is 14.2. The van der Waals surface area contributed by atoms with Crippen LogP contribution in [0, 0.1) is 0 Å². The van der Waals surface area contributed by atoms with E-state index in [1.165, 1.54) is 0 Å². The summed E-state index contributed by atoms with van der Waals surface area (Å²) in [7, 11) is 0. The van der Waals surface area contributed by atoms with Gasteiger partial charge in [0.1, 0.15) is 17.8 Å². The molecule has 0 aliphatic rings. The van der Waals surface area contributed by atoms with Crippen molar-refractivity contribution in [3.05, 3.63) is 121 Å². The molecular formula is C38H30O4. The summed E-state index contributed by atoms with van der Waals surface area (Å²) in [6.45, 7) is 0. The molecule has 0 aromatic heterocycles. The van der Waals surface area contributed by atoms with Crippen LogP contribution in [-0.2, 0) is 4.79 Å². The van der Waals surface area contributed by atoms with E-state index in [2.05, 4.69) is 0 Å². The van der Waals surface area contributed by atoms with Gasteiger partial charge < -0.3 is 15.0 Å². The fraction of sp³-hybridized carbons (Fsp3) is 0.105. The van der Waals surface area contributed by atoms with E-state index in [1.807, 2.05) is 109 Å². The number of Topliss-reactive ketones (excluding diaryl/α,β-unsaturated/α-hetero) is 1. The van der Waals surface area contributed by atoms with E-state index in [1.54, 1.807) is 6.07 Å². The monoisotopic (exact) mass is 550 g/mol. The molecule has 0 saturated heterocycles. The molecule has 0 fully saturated rings. The molecule has 206 valence electrons. The van der Waals surface area contributed by atoms with Gasteiger partial charge in [-0.05, 0) is 63.7 Å². The van der Waals surface area contributed by atoms with E-state index in [4.69, 9.17) is 0 Å². The molecule has 42 heavy (non-hydrogen) atoms. The average molecular weight is 551 g/mol. The van der Waals surface area contributed by atoms with Crippen LogP contribution in [0.2, 0.25) is 0 Å². The number of carbonyl (C=O) groups excluding carboxylic acids is 2. The van der Waals surface area contributed by atoms with E-state index in [0.717, 1.165) is 39.0 Å². The van der Waals surface area contributed by atoms with E-state index < -0.39 is 0 Å². The van der Waals surface area contributed by atoms with Gasteiger partial charge in [-0.2, -0.15) is 0 Å². The predicted molar refractivity (Wildman–Crippen MR) is 170 cm³/mol. The number of unbranched alkanes of at least 4 members (excludes halogenated alkanes) is 2. The van der Waals surface area contributed by atoms with E-state index in [9.17, 15) is 19.8 Å². The third-order valence-corrected chi connectivity index (χ3v) is 7.85. The lowest BCUT2D eigenvalue weighted by Crippen LogP contribution is -1.99. The van der Waals surface area contributed by atoms with Crippen LogP contribution in [0.15, 0.2) is 115 Å². The molecule has 4 heteroatoms. The summed E-state index contributed by atoms with van der Waals surface area (Å²) in [4.78, 5) is 23.8. The quantitative estimate of drug-likeness (QED) is 0.107. The molecule has 0 heterocycles. The summed E-state index contributed by atoms with van der Waals surface area (Å²) in [5.74, 6) is 0.155. The molecule has 0 aliphatic heterocycles. The Morgan fingerprint density at radius 3 is 1.76 bits per heavy atom. The standard InChI is InChI=1S/C38H30O4/c39-21-11-3-8-18-34(40)28-19-20-31-29(22-28)24-33(26-14-6-2-7-15-26)38(42)36(31)35-30-17-10-9-16-27(30)23-32(37(35)41)25-12-4-1-5-13-25/h1-2,4-7,9-10,12-17,19-24,41-42H,3,8,11,18H2. The van der Waals surface area contributed by atoms with E-state index >= 15 is 0 Å². The van der Waals surface area contributed by atoms with Gasteiger partial charge in [0.25, 0.3) is 0 Å². The second-order valence-corrected chi connectivity index (χ2v) is 10.5. The normalized spacial score (nSPS) is 11.1. The fourth-order valence-corrected chi connectivity index (χ4v) is 5.75. The molecule has 6 aromatic carbocycles. The topological polar surface area (TPSA) is 74.6 Å². The van der Waals surface area contributed by atoms with E-state index in [0.29, 0.717) is 53.5 Å². The number of benzene rings is 6. The van der Waals surface area contributed by atoms with Crippen molar-refractivity contribution in [2.75, 3.05) is 0 Å². The van der Waals surface area contributed by atoms with Crippen molar-refractivity contribution >= 4 is 33.6 Å². The lowest BCUT2D eigenvalue weighted by molar-refractivity contribution is -0.107. The van der Waals surface area contributed by atoms with Gasteiger partial charge >= 0.3 is 0 Å². The molecule has 0 aliphatic carbocycles. The maximum absolute atomic E-state index is 13.1. The number of rotatable bonds is 9. The molecular weight excluding hydrogens is 520 g/mol. The highest BCUT2D eigenvalue weighted by molar-refractivity contribution is 6.15. The highest BCUT2D eigenvalue weighted by Gasteiger charge is 2.23. The van der Waals surface area contributed by atoms with Crippen molar-refractivity contribution in [1.29, 1.82) is 0 Å². The molecule has 6 aromatic rings. The Morgan fingerprint density at radius 1 is 0.595 bits per heavy atom. The highest BCUT2D eigenvalue weighted by Crippen LogP contribution is 2.51. The molecule has 0 spiro atoms. The summed E-state index contributed by atoms with van der Waals surface area (Å²) in [6.07, 6.45) is 3.03. The fourth-order valence-electron chi connectivity index (χ4n) is 5.75. The first-order valence-electron chi connectivity index (χ1n) is 14.2. The van der Waals surface area contributed by atoms with Crippen molar-refractivity contribution in [1.82, 2.24) is 0 Å². The number of fused-ring (bicyclic) bond motifs is 2. The predicted octanol–water partition coefficient (Wildman–Crippen LogP) is 9.35. The number of phenolic OH excluding ortho intramolecular Hbond substituents is 2. The van der Waals surface area contributed by atoms with Gasteiger partial charge in [-0.3, -0.25) is 4.79 Å². The number of phenols is 2. The van der Waals surface area contributed by atoms with Gasteiger partial charge in [0.05, 0.1) is 0 Å². The first-order chi connectivity index (χ1) is 20.6. The summed E-state index contributed by atoms with van der Waals surface area (Å²) < 4.78 is 0. The van der Waals surface area contributed by atoms with Crippen LogP contribution in [0.25, 0.3) is 54.9 Å². The molecule has 0 bridgehead atoms. The Kier molecular flexibility index (Phi) is 7.52. The molecule has 0 amide bonds. The van der Waals surface area contributed by atoms with Crippen LogP contribution in [-0.4, -0.2) is 22.3 Å². The van der Waals surface area contributed by atoms with Crippen LogP contribution in [0.1, 0.15) is 36.0 Å². The molecule has 2 N–H and O–H groups in total. The summed E-state index contributed by atoms with van der Waals surface area (Å²) in [5.41, 5.74) is 4.62. The largest absolute Gasteiger partial charge is 0.507 e. The average Bonchev–Trinajstić information content (AvgIpc) is 3.03. The molecule has 0 saturated carbocycles. The van der Waals surface area contributed by atoms with Crippen LogP contribution in [0.3, 0.4) is 0 Å². The first kappa shape index (κ1) is 27.0. The molecule has 0 atom stereocenters. The Bertz CT molecular complexity index is 1920. The number of ketones is 1. The van der Waals surface area contributed by atoms with Gasteiger partial charge in [-0.25, -0.2) is 0 Å². The maximum Gasteiger partial charge on any atom is 0.162 e. The SMILES string of the molecule is O=CCCCCC(=O)c1ccc2c(-c3c(O)c(-c4ccccc4)cc4ccccc34)c(O)c(-c3ccccc3)cc2c1. The lowest BCUT2D eigenvalue weighted by Gasteiger charge is -2.20. The lowest BCUT2D eigenvalue weighted by atomic mass is 9.86. The minimum atomic E-state index is 0.0121. The van der Waals surface area contributed by atoms with Crippen molar-refractivity contribution in [2.24, 2.45) is 0 Å². The van der Waals surface area contributed by atoms with Gasteiger partial charge in [0.2, 0.25) is 0 Å². The second-order valence-electron chi connectivity index (χ2n) is 10.5. The van der Waals surface area contributed by atoms with Gasteiger partial charge in [0.15, 0.2) is 5.78 Å². The Hall–Kier alpha value is -5.22. The molecule has 6 rings (SSSR count). The number of hydrogen-bond donors (Lipinski definition) is 2. The van der Waals surface area contributed by atoms with Crippen molar-refractivity contribution < 1.29 is 19.8 Å². The number of aromatic hydroxyl groups is 2. The zero-order valence-electron chi connectivity index (χ0n) is 23.1.